The van der Waals surface area contributed by atoms with Gasteiger partial charge in [0.15, 0.2) is 6.17 Å². The lowest BCUT2D eigenvalue weighted by molar-refractivity contribution is 0.180. The van der Waals surface area contributed by atoms with E-state index in [9.17, 15) is 0 Å². The maximum absolute atomic E-state index is 15.6. The molecule has 1 fully saturated rings. The predicted octanol–water partition coefficient (Wildman–Crippen LogP) is 7.33. The van der Waals surface area contributed by atoms with Crippen LogP contribution in [0.5, 0.6) is 0 Å². The lowest BCUT2D eigenvalue weighted by Crippen LogP contribution is -2.43. The summed E-state index contributed by atoms with van der Waals surface area (Å²) < 4.78 is 30.7. The Morgan fingerprint density at radius 3 is 2.42 bits per heavy atom. The number of aryl methyl sites for hydroxylation is 1. The van der Waals surface area contributed by atoms with Gasteiger partial charge in [-0.15, -0.1) is 6.58 Å². The topological polar surface area (TPSA) is 0 Å². The van der Waals surface area contributed by atoms with Crippen LogP contribution in [0.3, 0.4) is 0 Å². The average Bonchev–Trinajstić information content (AvgIpc) is 2.86. The standard InChI is InChI=1S/C31H36F2/c1-3-5-8-20-31(22-27-9-6-7-10-28(27)29(32)30(31)33)21-19-24-13-17-26(18-14-24)25-15-11-23(4-2)12-16-25/h3-7,9-10,13-14,17-18,22-23,25,30H,2,8,11-12,15-16,19-21H2,1H3/b5-3+. The number of hydrogen-bond acceptors (Lipinski definition) is 0. The third-order valence-corrected chi connectivity index (χ3v) is 7.84. The molecule has 174 valence electrons. The molecule has 0 spiro atoms. The van der Waals surface area contributed by atoms with Crippen LogP contribution in [0.15, 0.2) is 73.3 Å². The summed E-state index contributed by atoms with van der Waals surface area (Å²) in [6, 6.07) is 16.2. The lowest BCUT2D eigenvalue weighted by Gasteiger charge is -2.35. The van der Waals surface area contributed by atoms with E-state index in [4.69, 9.17) is 0 Å². The van der Waals surface area contributed by atoms with E-state index in [1.54, 1.807) is 12.1 Å². The van der Waals surface area contributed by atoms with Crippen molar-refractivity contribution in [3.05, 3.63) is 94.9 Å². The van der Waals surface area contributed by atoms with Crippen LogP contribution in [0.2, 0.25) is 0 Å². The molecule has 2 aliphatic rings. The van der Waals surface area contributed by atoms with Gasteiger partial charge in [-0.3, -0.25) is 0 Å². The molecule has 0 nitrogen and oxygen atoms in total. The van der Waals surface area contributed by atoms with Gasteiger partial charge in [-0.2, -0.15) is 0 Å². The number of hydrogen-bond donors (Lipinski definition) is 0. The summed E-state index contributed by atoms with van der Waals surface area (Å²) in [4.78, 5) is 0. The first kappa shape index (κ1) is 23.7. The van der Waals surface area contributed by atoms with Crippen LogP contribution in [0.25, 0.3) is 11.9 Å². The van der Waals surface area contributed by atoms with Gasteiger partial charge in [0.2, 0.25) is 0 Å². The van der Waals surface area contributed by atoms with E-state index < -0.39 is 17.4 Å². The zero-order valence-corrected chi connectivity index (χ0v) is 19.8. The van der Waals surface area contributed by atoms with Crippen LogP contribution in [0, 0.1) is 11.3 Å². The minimum atomic E-state index is -1.60. The zero-order valence-electron chi connectivity index (χ0n) is 19.8. The van der Waals surface area contributed by atoms with Crippen molar-refractivity contribution < 1.29 is 8.78 Å². The molecule has 2 heteroatoms. The SMILES string of the molecule is C=CC1CCC(c2ccc(CCC3(CC/C=C/C)C=c4ccccc4=C(F)C3F)cc2)CC1. The lowest BCUT2D eigenvalue weighted by atomic mass is 9.71. The monoisotopic (exact) mass is 446 g/mol. The first-order valence-electron chi connectivity index (χ1n) is 12.5. The van der Waals surface area contributed by atoms with E-state index in [0.29, 0.717) is 29.9 Å². The second kappa shape index (κ2) is 10.6. The van der Waals surface area contributed by atoms with Crippen molar-refractivity contribution in [3.8, 4) is 0 Å². The van der Waals surface area contributed by atoms with E-state index >= 15 is 8.78 Å². The molecule has 33 heavy (non-hydrogen) atoms. The molecule has 0 saturated heterocycles. The summed E-state index contributed by atoms with van der Waals surface area (Å²) in [6.45, 7) is 5.92. The molecule has 2 aliphatic carbocycles. The van der Waals surface area contributed by atoms with Crippen molar-refractivity contribution in [3.63, 3.8) is 0 Å². The number of halogens is 2. The second-order valence-corrected chi connectivity index (χ2v) is 9.87. The second-order valence-electron chi connectivity index (χ2n) is 9.87. The van der Waals surface area contributed by atoms with Gasteiger partial charge in [-0.1, -0.05) is 72.8 Å². The van der Waals surface area contributed by atoms with Gasteiger partial charge < -0.3 is 0 Å². The first-order chi connectivity index (χ1) is 16.1. The maximum atomic E-state index is 15.6. The minimum absolute atomic E-state index is 0.405. The Labute approximate surface area is 197 Å². The van der Waals surface area contributed by atoms with Gasteiger partial charge in [0.05, 0.1) is 0 Å². The molecule has 0 aromatic heterocycles. The molecule has 0 N–H and O–H groups in total. The van der Waals surface area contributed by atoms with Crippen molar-refractivity contribution in [2.45, 2.75) is 70.4 Å². The quantitative estimate of drug-likeness (QED) is 0.372. The highest BCUT2D eigenvalue weighted by molar-refractivity contribution is 5.55. The van der Waals surface area contributed by atoms with Crippen molar-refractivity contribution in [1.29, 1.82) is 0 Å². The van der Waals surface area contributed by atoms with Crippen LogP contribution in [-0.4, -0.2) is 6.17 Å². The van der Waals surface area contributed by atoms with Crippen molar-refractivity contribution >= 4 is 11.9 Å². The van der Waals surface area contributed by atoms with Crippen LogP contribution >= 0.6 is 0 Å². The number of allylic oxidation sites excluding steroid dienone is 3. The highest BCUT2D eigenvalue weighted by Gasteiger charge is 2.41. The Morgan fingerprint density at radius 1 is 1.00 bits per heavy atom. The summed E-state index contributed by atoms with van der Waals surface area (Å²) >= 11 is 0. The van der Waals surface area contributed by atoms with Crippen LogP contribution in [-0.2, 0) is 6.42 Å². The molecular formula is C31H36F2. The summed E-state index contributed by atoms with van der Waals surface area (Å²) in [6.07, 6.45) is 14.1. The van der Waals surface area contributed by atoms with Gasteiger partial charge in [-0.25, -0.2) is 8.78 Å². The van der Waals surface area contributed by atoms with E-state index in [2.05, 4.69) is 43.0 Å². The summed E-state index contributed by atoms with van der Waals surface area (Å²) in [7, 11) is 0. The average molecular weight is 447 g/mol. The van der Waals surface area contributed by atoms with Crippen LogP contribution in [0.1, 0.15) is 68.9 Å². The minimum Gasteiger partial charge on any atom is -0.239 e. The Hall–Kier alpha value is -2.48. The first-order valence-corrected chi connectivity index (χ1v) is 12.5. The molecule has 1 saturated carbocycles. The molecule has 0 heterocycles. The summed E-state index contributed by atoms with van der Waals surface area (Å²) in [5, 5.41) is 1.22. The molecule has 0 radical (unpaired) electrons. The Balaban J connectivity index is 1.51. The molecule has 0 amide bonds. The van der Waals surface area contributed by atoms with Crippen molar-refractivity contribution in [2.75, 3.05) is 0 Å². The predicted molar refractivity (Wildman–Crippen MR) is 136 cm³/mol. The van der Waals surface area contributed by atoms with Gasteiger partial charge in [0, 0.05) is 10.6 Å². The van der Waals surface area contributed by atoms with E-state index in [0.717, 1.165) is 18.1 Å². The van der Waals surface area contributed by atoms with Crippen molar-refractivity contribution in [1.82, 2.24) is 0 Å². The highest BCUT2D eigenvalue weighted by Crippen LogP contribution is 2.43. The molecule has 0 bridgehead atoms. The Morgan fingerprint density at radius 2 is 1.73 bits per heavy atom. The number of rotatable bonds is 8. The van der Waals surface area contributed by atoms with Crippen molar-refractivity contribution in [2.24, 2.45) is 11.3 Å². The smallest absolute Gasteiger partial charge is 0.161 e. The van der Waals surface area contributed by atoms with E-state index in [1.807, 2.05) is 31.2 Å². The van der Waals surface area contributed by atoms with Crippen LogP contribution < -0.4 is 10.4 Å². The Bertz CT molecular complexity index is 1090. The number of alkyl halides is 1. The maximum Gasteiger partial charge on any atom is 0.161 e. The number of benzene rings is 2. The van der Waals surface area contributed by atoms with Gasteiger partial charge in [0.1, 0.15) is 5.83 Å². The highest BCUT2D eigenvalue weighted by atomic mass is 19.2. The fraction of sp³-hybridized carbons (Fsp3) is 0.419. The molecule has 2 unspecified atom stereocenters. The van der Waals surface area contributed by atoms with Gasteiger partial charge in [-0.05, 0) is 86.5 Å². The third kappa shape index (κ3) is 5.21. The molecule has 2 aromatic carbocycles. The third-order valence-electron chi connectivity index (χ3n) is 7.84. The largest absolute Gasteiger partial charge is 0.239 e. The fourth-order valence-corrected chi connectivity index (χ4v) is 5.68. The normalized spacial score (nSPS) is 27.2. The van der Waals surface area contributed by atoms with Crippen LogP contribution in [0.4, 0.5) is 8.78 Å². The fourth-order valence-electron chi connectivity index (χ4n) is 5.68. The summed E-state index contributed by atoms with van der Waals surface area (Å²) in [5.41, 5.74) is 1.79. The Kier molecular flexibility index (Phi) is 7.63. The van der Waals surface area contributed by atoms with Gasteiger partial charge in [0.25, 0.3) is 0 Å². The van der Waals surface area contributed by atoms with Gasteiger partial charge >= 0.3 is 0 Å². The van der Waals surface area contributed by atoms with E-state index in [-0.39, 0.29) is 0 Å². The molecular weight excluding hydrogens is 410 g/mol. The molecule has 4 rings (SSSR count). The zero-order chi connectivity index (χ0) is 23.3. The number of fused-ring (bicyclic) bond motifs is 1. The molecule has 2 aromatic rings. The summed E-state index contributed by atoms with van der Waals surface area (Å²) in [5.74, 6) is 0.686. The van der Waals surface area contributed by atoms with E-state index in [1.165, 1.54) is 36.8 Å². The molecule has 0 aliphatic heterocycles. The molecule has 2 atom stereocenters.